The van der Waals surface area contributed by atoms with Gasteiger partial charge in [-0.05, 0) is 57.0 Å². The van der Waals surface area contributed by atoms with Gasteiger partial charge in [-0.25, -0.2) is 0 Å². The van der Waals surface area contributed by atoms with Crippen LogP contribution in [-0.2, 0) is 9.53 Å². The molecule has 5 nitrogen and oxygen atoms in total. The Morgan fingerprint density at radius 1 is 1.38 bits per heavy atom. The topological polar surface area (TPSA) is 50.8 Å². The lowest BCUT2D eigenvalue weighted by Crippen LogP contribution is -2.55. The molecule has 1 aromatic carbocycles. The summed E-state index contributed by atoms with van der Waals surface area (Å²) in [5, 5.41) is 3.20. The van der Waals surface area contributed by atoms with Crippen LogP contribution in [-0.4, -0.2) is 57.3 Å². The molecule has 5 heteroatoms. The van der Waals surface area contributed by atoms with Crippen molar-refractivity contribution in [3.05, 3.63) is 29.8 Å². The number of hydrogen-bond acceptors (Lipinski definition) is 4. The highest BCUT2D eigenvalue weighted by Gasteiger charge is 2.45. The lowest BCUT2D eigenvalue weighted by Gasteiger charge is -2.42. The third kappa shape index (κ3) is 3.57. The minimum atomic E-state index is 0.0221. The van der Waals surface area contributed by atoms with Crippen LogP contribution in [0.25, 0.3) is 0 Å². The zero-order valence-corrected chi connectivity index (χ0v) is 14.9. The van der Waals surface area contributed by atoms with E-state index < -0.39 is 0 Å². The van der Waals surface area contributed by atoms with Gasteiger partial charge in [-0.2, -0.15) is 0 Å². The molecule has 1 amide bonds. The fourth-order valence-electron chi connectivity index (χ4n) is 3.64. The van der Waals surface area contributed by atoms with Gasteiger partial charge >= 0.3 is 0 Å². The Hall–Kier alpha value is -1.59. The summed E-state index contributed by atoms with van der Waals surface area (Å²) in [4.78, 5) is 14.8. The second-order valence-electron chi connectivity index (χ2n) is 7.17. The number of carbonyl (C=O) groups is 1. The second kappa shape index (κ2) is 7.11. The molecule has 1 aliphatic carbocycles. The molecule has 24 heavy (non-hydrogen) atoms. The van der Waals surface area contributed by atoms with Crippen LogP contribution in [0.3, 0.4) is 0 Å². The maximum atomic E-state index is 12.6. The Morgan fingerprint density at radius 3 is 2.79 bits per heavy atom. The van der Waals surface area contributed by atoms with E-state index in [9.17, 15) is 4.79 Å². The molecule has 2 aliphatic rings. The summed E-state index contributed by atoms with van der Waals surface area (Å²) in [5.41, 5.74) is 1.22. The summed E-state index contributed by atoms with van der Waals surface area (Å²) in [6.45, 7) is 2.23. The van der Waals surface area contributed by atoms with Crippen LogP contribution in [0.5, 0.6) is 5.75 Å². The lowest BCUT2D eigenvalue weighted by molar-refractivity contribution is -0.123. The minimum absolute atomic E-state index is 0.0221. The Bertz CT molecular complexity index is 582. The fourth-order valence-corrected chi connectivity index (χ4v) is 3.64. The Balaban J connectivity index is 1.56. The molecule has 1 aliphatic heterocycles. The van der Waals surface area contributed by atoms with Crippen molar-refractivity contribution in [2.75, 3.05) is 41.0 Å². The first-order chi connectivity index (χ1) is 11.6. The quantitative estimate of drug-likeness (QED) is 0.866. The summed E-state index contributed by atoms with van der Waals surface area (Å²) in [6.07, 6.45) is 2.85. The molecular formula is C19H28N2O3. The van der Waals surface area contributed by atoms with E-state index in [4.69, 9.17) is 9.47 Å². The smallest absolute Gasteiger partial charge is 0.223 e. The van der Waals surface area contributed by atoms with Crippen molar-refractivity contribution in [3.8, 4) is 5.75 Å². The molecule has 1 heterocycles. The highest BCUT2D eigenvalue weighted by Crippen LogP contribution is 2.48. The van der Waals surface area contributed by atoms with Gasteiger partial charge in [0.15, 0.2) is 0 Å². The maximum Gasteiger partial charge on any atom is 0.223 e. The number of hydrogen-bond donors (Lipinski definition) is 1. The first-order valence-electron chi connectivity index (χ1n) is 8.72. The number of methoxy groups -OCH3 is 1. The van der Waals surface area contributed by atoms with Crippen molar-refractivity contribution in [2.24, 2.45) is 5.92 Å². The van der Waals surface area contributed by atoms with Crippen LogP contribution in [0, 0.1) is 5.92 Å². The van der Waals surface area contributed by atoms with E-state index in [1.807, 2.05) is 18.2 Å². The summed E-state index contributed by atoms with van der Waals surface area (Å²) >= 11 is 0. The molecular weight excluding hydrogens is 304 g/mol. The van der Waals surface area contributed by atoms with Gasteiger partial charge in [0.25, 0.3) is 0 Å². The third-order valence-corrected chi connectivity index (χ3v) is 5.61. The molecule has 132 valence electrons. The fraction of sp³-hybridized carbons (Fsp3) is 0.632. The van der Waals surface area contributed by atoms with E-state index in [0.29, 0.717) is 12.5 Å². The molecule has 2 unspecified atom stereocenters. The normalized spacial score (nSPS) is 25.3. The standard InChI is InChI=1S/C19H28N2O3/c1-21(2)19(7-9-24-10-8-19)13-20-18(22)17-12-16(17)14-5-4-6-15(11-14)23-3/h4-6,11,16-17H,7-10,12-13H2,1-3H3,(H,20,22). The predicted octanol–water partition coefficient (Wildman–Crippen LogP) is 2.03. The average molecular weight is 332 g/mol. The Labute approximate surface area is 144 Å². The molecule has 2 fully saturated rings. The molecule has 0 aromatic heterocycles. The number of nitrogens with one attached hydrogen (secondary N) is 1. The van der Waals surface area contributed by atoms with E-state index in [0.717, 1.165) is 38.2 Å². The number of ether oxygens (including phenoxy) is 2. The maximum absolute atomic E-state index is 12.6. The highest BCUT2D eigenvalue weighted by atomic mass is 16.5. The molecule has 1 aromatic rings. The van der Waals surface area contributed by atoms with Gasteiger partial charge in [0, 0.05) is 31.2 Å². The van der Waals surface area contributed by atoms with Gasteiger partial charge in [0.2, 0.25) is 5.91 Å². The Kier molecular flexibility index (Phi) is 5.11. The third-order valence-electron chi connectivity index (χ3n) is 5.61. The number of likely N-dealkylation sites (N-methyl/N-ethyl adjacent to an activating group) is 1. The largest absolute Gasteiger partial charge is 0.497 e. The lowest BCUT2D eigenvalue weighted by atomic mass is 9.88. The zero-order chi connectivity index (χ0) is 17.2. The molecule has 0 bridgehead atoms. The number of benzene rings is 1. The molecule has 0 spiro atoms. The molecule has 1 saturated heterocycles. The summed E-state index contributed by atoms with van der Waals surface area (Å²) in [7, 11) is 5.85. The van der Waals surface area contributed by atoms with Crippen LogP contribution in [0.1, 0.15) is 30.7 Å². The van der Waals surface area contributed by atoms with Gasteiger partial charge in [-0.1, -0.05) is 12.1 Å². The van der Waals surface area contributed by atoms with E-state index in [1.165, 1.54) is 5.56 Å². The van der Waals surface area contributed by atoms with Crippen molar-refractivity contribution >= 4 is 5.91 Å². The Morgan fingerprint density at radius 2 is 2.12 bits per heavy atom. The first-order valence-corrected chi connectivity index (χ1v) is 8.72. The summed E-state index contributed by atoms with van der Waals surface area (Å²) < 4.78 is 10.8. The van der Waals surface area contributed by atoms with Crippen LogP contribution < -0.4 is 10.1 Å². The van der Waals surface area contributed by atoms with Crippen molar-refractivity contribution in [2.45, 2.75) is 30.7 Å². The molecule has 0 radical (unpaired) electrons. The van der Waals surface area contributed by atoms with E-state index in [1.54, 1.807) is 7.11 Å². The van der Waals surface area contributed by atoms with Crippen molar-refractivity contribution in [1.82, 2.24) is 10.2 Å². The van der Waals surface area contributed by atoms with E-state index in [-0.39, 0.29) is 17.4 Å². The second-order valence-corrected chi connectivity index (χ2v) is 7.17. The van der Waals surface area contributed by atoms with Crippen LogP contribution in [0.2, 0.25) is 0 Å². The van der Waals surface area contributed by atoms with Crippen molar-refractivity contribution in [3.63, 3.8) is 0 Å². The van der Waals surface area contributed by atoms with Crippen LogP contribution >= 0.6 is 0 Å². The van der Waals surface area contributed by atoms with Gasteiger partial charge in [-0.15, -0.1) is 0 Å². The number of rotatable bonds is 6. The summed E-state index contributed by atoms with van der Waals surface area (Å²) in [5.74, 6) is 1.45. The van der Waals surface area contributed by atoms with Crippen molar-refractivity contribution < 1.29 is 14.3 Å². The van der Waals surface area contributed by atoms with E-state index in [2.05, 4.69) is 30.4 Å². The average Bonchev–Trinajstić information content (AvgIpc) is 3.41. The zero-order valence-electron chi connectivity index (χ0n) is 14.9. The molecule has 3 rings (SSSR count). The number of nitrogens with zero attached hydrogens (tertiary/aromatic N) is 1. The van der Waals surface area contributed by atoms with Gasteiger partial charge in [-0.3, -0.25) is 4.79 Å². The number of amides is 1. The monoisotopic (exact) mass is 332 g/mol. The van der Waals surface area contributed by atoms with E-state index >= 15 is 0 Å². The van der Waals surface area contributed by atoms with Crippen LogP contribution in [0.4, 0.5) is 0 Å². The predicted molar refractivity (Wildman–Crippen MR) is 93.3 cm³/mol. The number of carbonyl (C=O) groups excluding carboxylic acids is 1. The van der Waals surface area contributed by atoms with Gasteiger partial charge in [0.05, 0.1) is 7.11 Å². The SMILES string of the molecule is COc1cccc(C2CC2C(=O)NCC2(N(C)C)CCOCC2)c1. The van der Waals surface area contributed by atoms with Gasteiger partial charge < -0.3 is 19.7 Å². The molecule has 1 saturated carbocycles. The van der Waals surface area contributed by atoms with Gasteiger partial charge in [0.1, 0.15) is 5.75 Å². The van der Waals surface area contributed by atoms with Crippen LogP contribution in [0.15, 0.2) is 24.3 Å². The summed E-state index contributed by atoms with van der Waals surface area (Å²) in [6, 6.07) is 8.05. The highest BCUT2D eigenvalue weighted by molar-refractivity contribution is 5.83. The first kappa shape index (κ1) is 17.2. The minimum Gasteiger partial charge on any atom is -0.497 e. The molecule has 1 N–H and O–H groups in total. The van der Waals surface area contributed by atoms with Crippen molar-refractivity contribution in [1.29, 1.82) is 0 Å². The molecule has 2 atom stereocenters.